The molecule has 0 radical (unpaired) electrons. The maximum atomic E-state index is 10.9. The highest BCUT2D eigenvalue weighted by atomic mass is 32.1. The minimum Gasteiger partial charge on any atom is -0.373 e. The number of anilines is 2. The van der Waals surface area contributed by atoms with Gasteiger partial charge in [0.15, 0.2) is 0 Å². The molecule has 0 aromatic carbocycles. The number of nitrogens with one attached hydrogen (secondary N) is 2. The van der Waals surface area contributed by atoms with E-state index in [-0.39, 0.29) is 11.5 Å². The van der Waals surface area contributed by atoms with Crippen LogP contribution < -0.4 is 10.6 Å². The van der Waals surface area contributed by atoms with E-state index < -0.39 is 4.92 Å². The minimum absolute atomic E-state index is 0.0226. The van der Waals surface area contributed by atoms with Crippen LogP contribution in [0.5, 0.6) is 0 Å². The quantitative estimate of drug-likeness (QED) is 0.641. The summed E-state index contributed by atoms with van der Waals surface area (Å²) in [6.07, 6.45) is 0. The summed E-state index contributed by atoms with van der Waals surface area (Å²) in [7, 11) is 1.72. The topological polar surface area (TPSA) is 80.1 Å². The summed E-state index contributed by atoms with van der Waals surface area (Å²) in [4.78, 5) is 15.7. The third kappa shape index (κ3) is 2.75. The molecule has 0 amide bonds. The van der Waals surface area contributed by atoms with Gasteiger partial charge in [0.1, 0.15) is 5.82 Å². The fourth-order valence-electron chi connectivity index (χ4n) is 1.45. The molecule has 0 bridgehead atoms. The molecule has 94 valence electrons. The van der Waals surface area contributed by atoms with Gasteiger partial charge in [-0.25, -0.2) is 4.98 Å². The van der Waals surface area contributed by atoms with E-state index in [2.05, 4.69) is 15.6 Å². The van der Waals surface area contributed by atoms with Gasteiger partial charge in [-0.2, -0.15) is 0 Å². The van der Waals surface area contributed by atoms with Crippen molar-refractivity contribution in [1.82, 2.24) is 4.98 Å². The first-order valence-corrected chi connectivity index (χ1v) is 6.18. The van der Waals surface area contributed by atoms with Crippen LogP contribution in [0.2, 0.25) is 0 Å². The molecule has 18 heavy (non-hydrogen) atoms. The van der Waals surface area contributed by atoms with Crippen LogP contribution >= 0.6 is 11.3 Å². The molecular weight excluding hydrogens is 252 g/mol. The van der Waals surface area contributed by atoms with Gasteiger partial charge in [-0.15, -0.1) is 11.3 Å². The summed E-state index contributed by atoms with van der Waals surface area (Å²) >= 11 is 1.59. The molecule has 7 heteroatoms. The highest BCUT2D eigenvalue weighted by Gasteiger charge is 2.15. The van der Waals surface area contributed by atoms with Gasteiger partial charge in [0, 0.05) is 18.0 Å². The van der Waals surface area contributed by atoms with E-state index in [4.69, 9.17) is 0 Å². The lowest BCUT2D eigenvalue weighted by Gasteiger charge is -2.07. The van der Waals surface area contributed by atoms with Crippen molar-refractivity contribution in [2.24, 2.45) is 0 Å². The van der Waals surface area contributed by atoms with Crippen molar-refractivity contribution in [3.05, 3.63) is 44.6 Å². The van der Waals surface area contributed by atoms with Crippen LogP contribution in [-0.4, -0.2) is 17.0 Å². The van der Waals surface area contributed by atoms with Crippen molar-refractivity contribution in [2.75, 3.05) is 17.7 Å². The molecule has 2 N–H and O–H groups in total. The maximum absolute atomic E-state index is 10.9. The van der Waals surface area contributed by atoms with Crippen molar-refractivity contribution < 1.29 is 4.92 Å². The average molecular weight is 264 g/mol. The number of hydrogen-bond acceptors (Lipinski definition) is 6. The smallest absolute Gasteiger partial charge is 0.311 e. The Morgan fingerprint density at radius 1 is 1.44 bits per heavy atom. The predicted molar refractivity (Wildman–Crippen MR) is 72.1 cm³/mol. The van der Waals surface area contributed by atoms with E-state index in [9.17, 15) is 10.1 Å². The summed E-state index contributed by atoms with van der Waals surface area (Å²) in [5.74, 6) is 0.870. The third-order valence-corrected chi connectivity index (χ3v) is 3.21. The zero-order valence-electron chi connectivity index (χ0n) is 9.71. The van der Waals surface area contributed by atoms with Gasteiger partial charge >= 0.3 is 5.69 Å². The molecule has 0 aliphatic rings. The summed E-state index contributed by atoms with van der Waals surface area (Å²) in [6.45, 7) is 0.526. The molecule has 2 aromatic heterocycles. The van der Waals surface area contributed by atoms with Gasteiger partial charge in [-0.1, -0.05) is 6.07 Å². The van der Waals surface area contributed by atoms with Crippen LogP contribution in [0.1, 0.15) is 4.88 Å². The second-order valence-electron chi connectivity index (χ2n) is 3.50. The summed E-state index contributed by atoms with van der Waals surface area (Å²) in [5, 5.41) is 18.7. The van der Waals surface area contributed by atoms with Gasteiger partial charge in [-0.3, -0.25) is 10.1 Å². The SMILES string of the molecule is CNc1ccc([N+](=O)[O-])c(NCc2cccs2)n1. The molecule has 2 rings (SSSR count). The number of aromatic nitrogens is 1. The minimum atomic E-state index is -0.441. The van der Waals surface area contributed by atoms with Gasteiger partial charge in [-0.05, 0) is 17.5 Å². The Morgan fingerprint density at radius 2 is 2.28 bits per heavy atom. The van der Waals surface area contributed by atoms with Gasteiger partial charge in [0.2, 0.25) is 5.82 Å². The van der Waals surface area contributed by atoms with Crippen molar-refractivity contribution in [1.29, 1.82) is 0 Å². The van der Waals surface area contributed by atoms with E-state index in [0.29, 0.717) is 12.4 Å². The molecule has 2 heterocycles. The van der Waals surface area contributed by atoms with Crippen molar-refractivity contribution in [2.45, 2.75) is 6.54 Å². The Morgan fingerprint density at radius 3 is 2.89 bits per heavy atom. The zero-order chi connectivity index (χ0) is 13.0. The monoisotopic (exact) mass is 264 g/mol. The lowest BCUT2D eigenvalue weighted by atomic mass is 10.3. The number of nitrogens with zero attached hydrogens (tertiary/aromatic N) is 2. The normalized spacial score (nSPS) is 10.1. The molecule has 2 aromatic rings. The van der Waals surface area contributed by atoms with E-state index in [1.807, 2.05) is 17.5 Å². The molecular formula is C11H12N4O2S. The van der Waals surface area contributed by atoms with Crippen LogP contribution in [0.25, 0.3) is 0 Å². The van der Waals surface area contributed by atoms with Crippen molar-refractivity contribution in [3.8, 4) is 0 Å². The van der Waals surface area contributed by atoms with E-state index in [1.54, 1.807) is 24.5 Å². The Kier molecular flexibility index (Phi) is 3.73. The third-order valence-electron chi connectivity index (χ3n) is 2.34. The summed E-state index contributed by atoms with van der Waals surface area (Å²) in [5.41, 5.74) is -0.0226. The highest BCUT2D eigenvalue weighted by Crippen LogP contribution is 2.24. The number of rotatable bonds is 5. The first-order valence-electron chi connectivity index (χ1n) is 5.30. The maximum Gasteiger partial charge on any atom is 0.311 e. The molecule has 0 saturated carbocycles. The Balaban J connectivity index is 2.20. The average Bonchev–Trinajstić information content (AvgIpc) is 2.88. The van der Waals surface area contributed by atoms with Crippen LogP contribution in [0.4, 0.5) is 17.3 Å². The van der Waals surface area contributed by atoms with Crippen LogP contribution in [0.15, 0.2) is 29.6 Å². The van der Waals surface area contributed by atoms with Crippen LogP contribution in [-0.2, 0) is 6.54 Å². The fourth-order valence-corrected chi connectivity index (χ4v) is 2.10. The number of pyridine rings is 1. The second kappa shape index (κ2) is 5.46. The second-order valence-corrected chi connectivity index (χ2v) is 4.54. The molecule has 0 fully saturated rings. The number of thiophene rings is 1. The molecule has 0 unspecified atom stereocenters. The molecule has 0 aliphatic carbocycles. The number of hydrogen-bond donors (Lipinski definition) is 2. The van der Waals surface area contributed by atoms with Gasteiger partial charge in [0.25, 0.3) is 0 Å². The summed E-state index contributed by atoms with van der Waals surface area (Å²) in [6, 6.07) is 6.92. The summed E-state index contributed by atoms with van der Waals surface area (Å²) < 4.78 is 0. The molecule has 6 nitrogen and oxygen atoms in total. The van der Waals surface area contributed by atoms with Gasteiger partial charge < -0.3 is 10.6 Å². The molecule has 0 saturated heterocycles. The molecule has 0 atom stereocenters. The molecule has 0 aliphatic heterocycles. The van der Waals surface area contributed by atoms with Crippen LogP contribution in [0, 0.1) is 10.1 Å². The standard InChI is InChI=1S/C11H12N4O2S/c1-12-10-5-4-9(15(16)17)11(14-10)13-7-8-3-2-6-18-8/h2-6H,7H2,1H3,(H2,12,13,14). The largest absolute Gasteiger partial charge is 0.373 e. The zero-order valence-corrected chi connectivity index (χ0v) is 10.5. The first kappa shape index (κ1) is 12.3. The van der Waals surface area contributed by atoms with Crippen molar-refractivity contribution >= 4 is 28.7 Å². The van der Waals surface area contributed by atoms with E-state index in [0.717, 1.165) is 4.88 Å². The highest BCUT2D eigenvalue weighted by molar-refractivity contribution is 7.09. The predicted octanol–water partition coefficient (Wildman–Crippen LogP) is 2.71. The van der Waals surface area contributed by atoms with E-state index in [1.165, 1.54) is 6.07 Å². The fraction of sp³-hybridized carbons (Fsp3) is 0.182. The lowest BCUT2D eigenvalue weighted by molar-refractivity contribution is -0.384. The van der Waals surface area contributed by atoms with Crippen molar-refractivity contribution in [3.63, 3.8) is 0 Å². The Bertz CT molecular complexity index is 542. The van der Waals surface area contributed by atoms with E-state index >= 15 is 0 Å². The Hall–Kier alpha value is -2.15. The van der Waals surface area contributed by atoms with Gasteiger partial charge in [0.05, 0.1) is 11.5 Å². The first-order chi connectivity index (χ1) is 8.70. The molecule has 0 spiro atoms. The van der Waals surface area contributed by atoms with Crippen LogP contribution in [0.3, 0.4) is 0 Å². The lowest BCUT2D eigenvalue weighted by Crippen LogP contribution is -2.05. The number of nitro groups is 1. The Labute approximate surface area is 108 Å².